The highest BCUT2D eigenvalue weighted by atomic mass is 16.7. The standard InChI is InChI=1S/C7H16O6.C2H6/c1-12-7(13-3-2-8)6(11)5(10)4-9;1-2/h5-11H,2-4H2,1H3;1-2H3. The molecule has 0 aliphatic heterocycles. The first-order valence-electron chi connectivity index (χ1n) is 4.89. The monoisotopic (exact) mass is 226 g/mol. The van der Waals surface area contributed by atoms with Crippen molar-refractivity contribution in [1.29, 1.82) is 0 Å². The lowest BCUT2D eigenvalue weighted by molar-refractivity contribution is -0.209. The van der Waals surface area contributed by atoms with Crippen molar-refractivity contribution in [2.24, 2.45) is 0 Å². The van der Waals surface area contributed by atoms with E-state index in [2.05, 4.69) is 4.74 Å². The van der Waals surface area contributed by atoms with E-state index in [0.29, 0.717) is 0 Å². The largest absolute Gasteiger partial charge is 0.394 e. The smallest absolute Gasteiger partial charge is 0.185 e. The summed E-state index contributed by atoms with van der Waals surface area (Å²) in [6.07, 6.45) is -3.69. The predicted octanol–water partition coefficient (Wildman–Crippen LogP) is -1.29. The van der Waals surface area contributed by atoms with E-state index < -0.39 is 25.1 Å². The summed E-state index contributed by atoms with van der Waals surface area (Å²) in [6, 6.07) is 0. The first kappa shape index (κ1) is 17.2. The van der Waals surface area contributed by atoms with Crippen molar-refractivity contribution in [3.8, 4) is 0 Å². The Labute approximate surface area is 90.1 Å². The Balaban J connectivity index is 0. The molecule has 0 heterocycles. The summed E-state index contributed by atoms with van der Waals surface area (Å²) in [5, 5.41) is 35.2. The second-order valence-electron chi connectivity index (χ2n) is 2.44. The number of aliphatic hydroxyl groups excluding tert-OH is 4. The molecule has 6 heteroatoms. The fraction of sp³-hybridized carbons (Fsp3) is 1.00. The van der Waals surface area contributed by atoms with Crippen LogP contribution in [0.3, 0.4) is 0 Å². The summed E-state index contributed by atoms with van der Waals surface area (Å²) >= 11 is 0. The lowest BCUT2D eigenvalue weighted by Crippen LogP contribution is -2.42. The van der Waals surface area contributed by atoms with Crippen molar-refractivity contribution >= 4 is 0 Å². The van der Waals surface area contributed by atoms with Crippen molar-refractivity contribution in [3.63, 3.8) is 0 Å². The second kappa shape index (κ2) is 11.8. The lowest BCUT2D eigenvalue weighted by Gasteiger charge is -2.24. The molecule has 0 radical (unpaired) electrons. The average molecular weight is 226 g/mol. The molecule has 0 aromatic carbocycles. The van der Waals surface area contributed by atoms with Crippen molar-refractivity contribution < 1.29 is 29.9 Å². The van der Waals surface area contributed by atoms with Gasteiger partial charge in [-0.25, -0.2) is 0 Å². The molecule has 0 saturated heterocycles. The minimum atomic E-state index is -1.33. The van der Waals surface area contributed by atoms with E-state index in [0.717, 1.165) is 0 Å². The zero-order valence-corrected chi connectivity index (χ0v) is 9.46. The normalized spacial score (nSPS) is 16.2. The fourth-order valence-electron chi connectivity index (χ4n) is 0.764. The van der Waals surface area contributed by atoms with Gasteiger partial charge in [0, 0.05) is 7.11 Å². The molecule has 0 aromatic heterocycles. The van der Waals surface area contributed by atoms with Gasteiger partial charge in [0.25, 0.3) is 0 Å². The van der Waals surface area contributed by atoms with Gasteiger partial charge in [-0.2, -0.15) is 0 Å². The highest BCUT2D eigenvalue weighted by molar-refractivity contribution is 4.69. The van der Waals surface area contributed by atoms with E-state index in [1.807, 2.05) is 13.8 Å². The first-order valence-corrected chi connectivity index (χ1v) is 4.89. The Kier molecular flexibility index (Phi) is 13.5. The van der Waals surface area contributed by atoms with Crippen LogP contribution < -0.4 is 0 Å². The van der Waals surface area contributed by atoms with Gasteiger partial charge in [-0.15, -0.1) is 0 Å². The van der Waals surface area contributed by atoms with Gasteiger partial charge in [-0.1, -0.05) is 13.8 Å². The number of methoxy groups -OCH3 is 1. The average Bonchev–Trinajstić information content (AvgIpc) is 2.31. The van der Waals surface area contributed by atoms with E-state index >= 15 is 0 Å². The minimum Gasteiger partial charge on any atom is -0.394 e. The van der Waals surface area contributed by atoms with Crippen LogP contribution in [-0.2, 0) is 9.47 Å². The maximum Gasteiger partial charge on any atom is 0.185 e. The van der Waals surface area contributed by atoms with Gasteiger partial charge < -0.3 is 29.9 Å². The van der Waals surface area contributed by atoms with Crippen molar-refractivity contribution in [1.82, 2.24) is 0 Å². The molecule has 0 aromatic rings. The minimum absolute atomic E-state index is 0.00623. The second-order valence-corrected chi connectivity index (χ2v) is 2.44. The highest BCUT2D eigenvalue weighted by Gasteiger charge is 2.26. The molecule has 0 saturated carbocycles. The number of hydrogen-bond acceptors (Lipinski definition) is 6. The molecular weight excluding hydrogens is 204 g/mol. The lowest BCUT2D eigenvalue weighted by atomic mass is 10.2. The predicted molar refractivity (Wildman–Crippen MR) is 54.3 cm³/mol. The van der Waals surface area contributed by atoms with Crippen LogP contribution in [0.25, 0.3) is 0 Å². The van der Waals surface area contributed by atoms with Gasteiger partial charge in [0.05, 0.1) is 19.8 Å². The Morgan fingerprint density at radius 1 is 1.13 bits per heavy atom. The maximum absolute atomic E-state index is 9.26. The Hall–Kier alpha value is -0.240. The molecule has 0 rings (SSSR count). The first-order chi connectivity index (χ1) is 7.17. The Morgan fingerprint density at radius 2 is 1.67 bits per heavy atom. The molecule has 6 nitrogen and oxygen atoms in total. The van der Waals surface area contributed by atoms with Crippen LogP contribution in [0.15, 0.2) is 0 Å². The van der Waals surface area contributed by atoms with E-state index in [1.54, 1.807) is 0 Å². The summed E-state index contributed by atoms with van der Waals surface area (Å²) in [7, 11) is 1.29. The van der Waals surface area contributed by atoms with E-state index in [-0.39, 0.29) is 13.2 Å². The van der Waals surface area contributed by atoms with Crippen LogP contribution in [0.5, 0.6) is 0 Å². The van der Waals surface area contributed by atoms with Gasteiger partial charge in [-0.05, 0) is 0 Å². The van der Waals surface area contributed by atoms with Crippen LogP contribution in [0.2, 0.25) is 0 Å². The number of ether oxygens (including phenoxy) is 2. The third-order valence-corrected chi connectivity index (χ3v) is 1.47. The third kappa shape index (κ3) is 7.66. The van der Waals surface area contributed by atoms with E-state index in [1.165, 1.54) is 7.11 Å². The maximum atomic E-state index is 9.26. The van der Waals surface area contributed by atoms with Crippen LogP contribution in [0.1, 0.15) is 13.8 Å². The summed E-state index contributed by atoms with van der Waals surface area (Å²) in [4.78, 5) is 0. The summed E-state index contributed by atoms with van der Waals surface area (Å²) in [5.74, 6) is 0. The topological polar surface area (TPSA) is 99.4 Å². The molecule has 15 heavy (non-hydrogen) atoms. The molecule has 0 aliphatic carbocycles. The van der Waals surface area contributed by atoms with Gasteiger partial charge in [0.2, 0.25) is 0 Å². The SMILES string of the molecule is CC.COC(OCCO)C(O)C(O)CO. The molecule has 0 bridgehead atoms. The quantitative estimate of drug-likeness (QED) is 0.403. The van der Waals surface area contributed by atoms with Crippen LogP contribution in [0.4, 0.5) is 0 Å². The number of hydrogen-bond donors (Lipinski definition) is 4. The van der Waals surface area contributed by atoms with Gasteiger partial charge in [0.1, 0.15) is 12.2 Å². The van der Waals surface area contributed by atoms with Crippen molar-refractivity contribution in [2.45, 2.75) is 32.3 Å². The zero-order valence-electron chi connectivity index (χ0n) is 9.46. The fourth-order valence-corrected chi connectivity index (χ4v) is 0.764. The third-order valence-electron chi connectivity index (χ3n) is 1.47. The summed E-state index contributed by atoms with van der Waals surface area (Å²) < 4.78 is 9.51. The summed E-state index contributed by atoms with van der Waals surface area (Å²) in [6.45, 7) is 3.21. The molecule has 0 spiro atoms. The highest BCUT2D eigenvalue weighted by Crippen LogP contribution is 2.04. The Morgan fingerprint density at radius 3 is 2.00 bits per heavy atom. The van der Waals surface area contributed by atoms with Crippen LogP contribution in [0, 0.1) is 0 Å². The molecule has 3 atom stereocenters. The molecule has 3 unspecified atom stereocenters. The van der Waals surface area contributed by atoms with Crippen LogP contribution in [-0.4, -0.2) is 65.9 Å². The molecule has 0 aliphatic rings. The van der Waals surface area contributed by atoms with E-state index in [4.69, 9.17) is 20.1 Å². The van der Waals surface area contributed by atoms with E-state index in [9.17, 15) is 5.11 Å². The molecule has 0 amide bonds. The van der Waals surface area contributed by atoms with Crippen molar-refractivity contribution in [2.75, 3.05) is 26.9 Å². The van der Waals surface area contributed by atoms with Crippen LogP contribution >= 0.6 is 0 Å². The van der Waals surface area contributed by atoms with Gasteiger partial charge in [-0.3, -0.25) is 0 Å². The molecule has 0 fully saturated rings. The Bertz CT molecular complexity index is 121. The zero-order chi connectivity index (χ0) is 12.3. The molecular formula is C9H22O6. The molecule has 94 valence electrons. The van der Waals surface area contributed by atoms with Gasteiger partial charge >= 0.3 is 0 Å². The van der Waals surface area contributed by atoms with Gasteiger partial charge in [0.15, 0.2) is 6.29 Å². The number of rotatable bonds is 7. The van der Waals surface area contributed by atoms with Crippen molar-refractivity contribution in [3.05, 3.63) is 0 Å². The summed E-state index contributed by atoms with van der Waals surface area (Å²) in [5.41, 5.74) is 0. The number of aliphatic hydroxyl groups is 4. The molecule has 4 N–H and O–H groups in total.